The van der Waals surface area contributed by atoms with E-state index in [4.69, 9.17) is 0 Å². The highest BCUT2D eigenvalue weighted by molar-refractivity contribution is 5.91. The molecule has 1 aliphatic heterocycles. The number of likely N-dealkylation sites (N-methyl/N-ethyl adjacent to an activating group) is 1. The molecular weight excluding hydrogens is 532 g/mol. The average molecular weight is 581 g/mol. The second-order valence-corrected chi connectivity index (χ2v) is 11.0. The molecule has 1 saturated heterocycles. The zero-order valence-electron chi connectivity index (χ0n) is 27.2. The molecule has 0 bridgehead atoms. The third-order valence-corrected chi connectivity index (χ3v) is 7.51. The van der Waals surface area contributed by atoms with E-state index in [1.54, 1.807) is 0 Å². The van der Waals surface area contributed by atoms with Crippen molar-refractivity contribution >= 4 is 23.0 Å². The highest BCUT2D eigenvalue weighted by Gasteiger charge is 2.25. The largest absolute Gasteiger partial charge is 0.373 e. The number of anilines is 1. The van der Waals surface area contributed by atoms with Crippen molar-refractivity contribution < 1.29 is 4.79 Å². The number of likely N-dealkylation sites (tertiary alicyclic amines) is 1. The van der Waals surface area contributed by atoms with Gasteiger partial charge in [-0.25, -0.2) is 15.0 Å². The van der Waals surface area contributed by atoms with Crippen LogP contribution >= 0.6 is 0 Å². The van der Waals surface area contributed by atoms with Crippen LogP contribution < -0.4 is 5.32 Å². The zero-order chi connectivity index (χ0) is 32.1. The minimum absolute atomic E-state index is 0.194. The van der Waals surface area contributed by atoms with E-state index in [2.05, 4.69) is 94.3 Å². The Kier molecular flexibility index (Phi) is 13.8. The first kappa shape index (κ1) is 34.9. The monoisotopic (exact) mass is 580 g/mol. The van der Waals surface area contributed by atoms with Crippen LogP contribution in [0, 0.1) is 46.5 Å². The van der Waals surface area contributed by atoms with E-state index in [1.165, 1.54) is 33.2 Å². The van der Waals surface area contributed by atoms with E-state index in [9.17, 15) is 4.79 Å². The van der Waals surface area contributed by atoms with Gasteiger partial charge in [0.25, 0.3) is 0 Å². The van der Waals surface area contributed by atoms with E-state index >= 15 is 0 Å². The topological polar surface area (TPSA) is 75.9 Å². The maximum Gasteiger partial charge on any atom is 0.137 e. The van der Waals surface area contributed by atoms with Gasteiger partial charge in [0.05, 0.1) is 11.6 Å². The number of carbonyl (C=O) groups excluding carboxylic acids is 1. The molecule has 2 unspecified atom stereocenters. The molecule has 0 amide bonds. The summed E-state index contributed by atoms with van der Waals surface area (Å²) < 4.78 is 2.28. The molecule has 4 aromatic rings. The van der Waals surface area contributed by atoms with Gasteiger partial charge in [0, 0.05) is 55.4 Å². The molecule has 0 saturated carbocycles. The number of pyridine rings is 1. The summed E-state index contributed by atoms with van der Waals surface area (Å²) >= 11 is 0. The number of hydrogen-bond acceptors (Lipinski definition) is 6. The van der Waals surface area contributed by atoms with E-state index in [-0.39, 0.29) is 6.04 Å². The number of fused-ring (bicyclic) bond motifs is 1. The molecule has 1 N–H and O–H groups in total. The number of hydrogen-bond donors (Lipinski definition) is 1. The SMILES string of the molecule is C#C.C=CCn1cc(CC)c2cc(-c3cnc(C)nc3)cc(C)c21.CC1CC(C=O)N(C)C1.CNc1nc(C)ccc1C. The van der Waals surface area contributed by atoms with Gasteiger partial charge < -0.3 is 14.7 Å². The highest BCUT2D eigenvalue weighted by Crippen LogP contribution is 2.31. The van der Waals surface area contributed by atoms with Crippen LogP contribution in [0.2, 0.25) is 0 Å². The van der Waals surface area contributed by atoms with E-state index in [0.717, 1.165) is 55.1 Å². The molecule has 228 valence electrons. The number of aldehydes is 1. The number of nitrogens with one attached hydrogen (secondary N) is 1. The fourth-order valence-corrected chi connectivity index (χ4v) is 5.33. The second kappa shape index (κ2) is 17.0. The van der Waals surface area contributed by atoms with Gasteiger partial charge in [0.2, 0.25) is 0 Å². The van der Waals surface area contributed by atoms with Gasteiger partial charge in [-0.3, -0.25) is 4.90 Å². The fraction of sp³-hybridized carbons (Fsp3) is 0.389. The van der Waals surface area contributed by atoms with Crippen molar-refractivity contribution in [3.05, 3.63) is 83.7 Å². The van der Waals surface area contributed by atoms with Crippen molar-refractivity contribution in [2.75, 3.05) is 26.0 Å². The number of benzene rings is 1. The molecule has 1 fully saturated rings. The van der Waals surface area contributed by atoms with E-state index in [0.29, 0.717) is 5.92 Å². The third-order valence-electron chi connectivity index (χ3n) is 7.51. The lowest BCUT2D eigenvalue weighted by atomic mass is 10.0. The molecule has 0 aliphatic carbocycles. The lowest BCUT2D eigenvalue weighted by molar-refractivity contribution is -0.111. The third kappa shape index (κ3) is 9.36. The number of nitrogens with zero attached hydrogens (tertiary/aromatic N) is 5. The Balaban J connectivity index is 0.000000254. The van der Waals surface area contributed by atoms with Crippen molar-refractivity contribution in [1.29, 1.82) is 0 Å². The molecule has 0 radical (unpaired) electrons. The summed E-state index contributed by atoms with van der Waals surface area (Å²) in [4.78, 5) is 25.3. The van der Waals surface area contributed by atoms with Gasteiger partial charge in [0.15, 0.2) is 0 Å². The van der Waals surface area contributed by atoms with Crippen LogP contribution in [0.5, 0.6) is 0 Å². The lowest BCUT2D eigenvalue weighted by Gasteiger charge is -2.10. The summed E-state index contributed by atoms with van der Waals surface area (Å²) in [6.45, 7) is 18.3. The number of rotatable bonds is 6. The molecule has 3 aromatic heterocycles. The Morgan fingerprint density at radius 1 is 1.07 bits per heavy atom. The lowest BCUT2D eigenvalue weighted by Crippen LogP contribution is -2.25. The second-order valence-electron chi connectivity index (χ2n) is 11.0. The summed E-state index contributed by atoms with van der Waals surface area (Å²) in [5.41, 5.74) is 8.42. The maximum atomic E-state index is 10.3. The summed E-state index contributed by atoms with van der Waals surface area (Å²) in [6, 6.07) is 8.74. The normalized spacial score (nSPS) is 15.7. The smallest absolute Gasteiger partial charge is 0.137 e. The Labute approximate surface area is 258 Å². The van der Waals surface area contributed by atoms with Crippen LogP contribution in [0.1, 0.15) is 48.5 Å². The molecule has 7 heteroatoms. The van der Waals surface area contributed by atoms with Crippen LogP contribution in [-0.4, -0.2) is 57.4 Å². The highest BCUT2D eigenvalue weighted by atomic mass is 16.1. The van der Waals surface area contributed by atoms with E-state index in [1.807, 2.05) is 59.4 Å². The van der Waals surface area contributed by atoms with Gasteiger partial charge in [0.1, 0.15) is 17.9 Å². The fourth-order valence-electron chi connectivity index (χ4n) is 5.33. The summed E-state index contributed by atoms with van der Waals surface area (Å²) in [6.07, 6.45) is 19.1. The van der Waals surface area contributed by atoms with E-state index < -0.39 is 0 Å². The van der Waals surface area contributed by atoms with Gasteiger partial charge in [-0.15, -0.1) is 19.4 Å². The molecule has 7 nitrogen and oxygen atoms in total. The first-order valence-electron chi connectivity index (χ1n) is 14.7. The number of allylic oxidation sites excluding steroid dienone is 1. The first-order valence-corrected chi connectivity index (χ1v) is 14.7. The Bertz CT molecular complexity index is 1500. The minimum Gasteiger partial charge on any atom is -0.373 e. The number of aryl methyl sites for hydroxylation is 5. The van der Waals surface area contributed by atoms with Crippen molar-refractivity contribution in [2.45, 2.75) is 67.0 Å². The van der Waals surface area contributed by atoms with Crippen molar-refractivity contribution in [2.24, 2.45) is 5.92 Å². The summed E-state index contributed by atoms with van der Waals surface area (Å²) in [5, 5.41) is 4.34. The van der Waals surface area contributed by atoms with Gasteiger partial charge >= 0.3 is 0 Å². The number of aromatic nitrogens is 4. The predicted octanol–water partition coefficient (Wildman–Crippen LogP) is 6.98. The zero-order valence-corrected chi connectivity index (χ0v) is 27.2. The van der Waals surface area contributed by atoms with Crippen LogP contribution in [0.4, 0.5) is 5.82 Å². The first-order chi connectivity index (χ1) is 20.6. The molecular formula is C36H48N6O. The van der Waals surface area contributed by atoms with Crippen LogP contribution in [0.15, 0.2) is 55.5 Å². The van der Waals surface area contributed by atoms with Gasteiger partial charge in [-0.2, -0.15) is 0 Å². The average Bonchev–Trinajstić information content (AvgIpc) is 3.54. The molecule has 1 aromatic carbocycles. The minimum atomic E-state index is 0.194. The van der Waals surface area contributed by atoms with Crippen molar-refractivity contribution in [3.8, 4) is 24.0 Å². The number of terminal acetylenes is 1. The predicted molar refractivity (Wildman–Crippen MR) is 181 cm³/mol. The maximum absolute atomic E-state index is 10.3. The molecule has 0 spiro atoms. The standard InChI is InChI=1S/C19H21N3.C8H12N2.C7H13NO.C2H2/c1-5-7-22-12-15(6-2)18-9-16(8-13(3)19(18)22)17-10-20-14(4)21-11-17;1-6-4-5-7(2)10-8(6)9-3;1-6-3-7(5-9)8(2)4-6;1-2/h5,8-12H,1,6-7H2,2-4H3;4-5H,1-3H3,(H,9,10);5-7H,3-4H2,1-2H3;1-2H. The van der Waals surface area contributed by atoms with Crippen molar-refractivity contribution in [3.63, 3.8) is 0 Å². The molecule has 5 rings (SSSR count). The molecule has 2 atom stereocenters. The van der Waals surface area contributed by atoms with Crippen LogP contribution in [0.25, 0.3) is 22.0 Å². The molecule has 1 aliphatic rings. The summed E-state index contributed by atoms with van der Waals surface area (Å²) in [7, 11) is 3.89. The van der Waals surface area contributed by atoms with Crippen molar-refractivity contribution in [1.82, 2.24) is 24.4 Å². The summed E-state index contributed by atoms with van der Waals surface area (Å²) in [5.74, 6) is 2.47. The Morgan fingerprint density at radius 2 is 1.74 bits per heavy atom. The molecule has 4 heterocycles. The van der Waals surface area contributed by atoms with Gasteiger partial charge in [-0.05, 0) is 94.0 Å². The Hall–Kier alpha value is -4.28. The van der Waals surface area contributed by atoms with Gasteiger partial charge in [-0.1, -0.05) is 26.0 Å². The van der Waals surface area contributed by atoms with Crippen LogP contribution in [0.3, 0.4) is 0 Å². The molecule has 43 heavy (non-hydrogen) atoms. The van der Waals surface area contributed by atoms with Crippen LogP contribution in [-0.2, 0) is 17.8 Å². The number of carbonyl (C=O) groups is 1. The quantitative estimate of drug-likeness (QED) is 0.151. The Morgan fingerprint density at radius 3 is 2.23 bits per heavy atom.